The van der Waals surface area contributed by atoms with Crippen molar-refractivity contribution < 1.29 is 8.42 Å². The van der Waals surface area contributed by atoms with Crippen molar-refractivity contribution in [2.24, 2.45) is 0 Å². The molecule has 0 aliphatic heterocycles. The van der Waals surface area contributed by atoms with Crippen molar-refractivity contribution in [1.82, 2.24) is 14.3 Å². The number of aromatic nitrogens is 2. The summed E-state index contributed by atoms with van der Waals surface area (Å²) in [6, 6.07) is 5.00. The molecule has 1 heterocycles. The molecule has 0 aliphatic rings. The lowest BCUT2D eigenvalue weighted by Crippen LogP contribution is -2.32. The number of imidazole rings is 1. The normalized spacial score (nSPS) is 12.4. The number of H-pyrrole nitrogens is 1. The van der Waals surface area contributed by atoms with Crippen LogP contribution in [-0.2, 0) is 10.0 Å². The molecule has 2 rings (SSSR count). The van der Waals surface area contributed by atoms with Gasteiger partial charge in [0.05, 0.1) is 22.3 Å². The number of hydrogen-bond acceptors (Lipinski definition) is 3. The molecule has 1 aromatic heterocycles. The zero-order valence-corrected chi connectivity index (χ0v) is 12.1. The van der Waals surface area contributed by atoms with Crippen LogP contribution in [0.4, 0.5) is 0 Å². The van der Waals surface area contributed by atoms with E-state index in [0.717, 1.165) is 23.9 Å². The molecule has 0 amide bonds. The van der Waals surface area contributed by atoms with Gasteiger partial charge in [-0.15, -0.1) is 0 Å². The Labute approximate surface area is 113 Å². The quantitative estimate of drug-likeness (QED) is 0.884. The van der Waals surface area contributed by atoms with Gasteiger partial charge < -0.3 is 4.98 Å². The number of nitrogens with zero attached hydrogens (tertiary/aromatic N) is 2. The minimum Gasteiger partial charge on any atom is -0.345 e. The van der Waals surface area contributed by atoms with Crippen molar-refractivity contribution in [2.75, 3.05) is 13.1 Å². The largest absolute Gasteiger partial charge is 0.345 e. The van der Waals surface area contributed by atoms with Gasteiger partial charge in [0.25, 0.3) is 0 Å². The van der Waals surface area contributed by atoms with Crippen LogP contribution >= 0.6 is 0 Å². The number of rotatable bonds is 6. The molecule has 0 bridgehead atoms. The van der Waals surface area contributed by atoms with Gasteiger partial charge in [-0.1, -0.05) is 13.8 Å². The predicted molar refractivity (Wildman–Crippen MR) is 75.4 cm³/mol. The summed E-state index contributed by atoms with van der Waals surface area (Å²) in [7, 11) is -3.41. The molecule has 0 saturated heterocycles. The second-order valence-corrected chi connectivity index (χ2v) is 6.42. The molecule has 1 N–H and O–H groups in total. The van der Waals surface area contributed by atoms with Crippen LogP contribution in [0, 0.1) is 0 Å². The molecule has 0 radical (unpaired) electrons. The van der Waals surface area contributed by atoms with Crippen molar-refractivity contribution in [1.29, 1.82) is 0 Å². The predicted octanol–water partition coefficient (Wildman–Crippen LogP) is 2.37. The summed E-state index contributed by atoms with van der Waals surface area (Å²) in [6.45, 7) is 5.07. The van der Waals surface area contributed by atoms with Crippen LogP contribution in [0.15, 0.2) is 29.4 Å². The first-order chi connectivity index (χ1) is 9.09. The molecule has 0 spiro atoms. The van der Waals surface area contributed by atoms with Gasteiger partial charge in [-0.25, -0.2) is 13.4 Å². The number of aromatic amines is 1. The highest BCUT2D eigenvalue weighted by atomic mass is 32.2. The summed E-state index contributed by atoms with van der Waals surface area (Å²) in [6.07, 6.45) is 3.19. The van der Waals surface area contributed by atoms with Crippen LogP contribution in [0.5, 0.6) is 0 Å². The van der Waals surface area contributed by atoms with E-state index < -0.39 is 10.0 Å². The van der Waals surface area contributed by atoms with Gasteiger partial charge in [-0.05, 0) is 31.0 Å². The Morgan fingerprint density at radius 1 is 1.21 bits per heavy atom. The van der Waals surface area contributed by atoms with Crippen molar-refractivity contribution in [2.45, 2.75) is 31.6 Å². The van der Waals surface area contributed by atoms with E-state index in [9.17, 15) is 8.42 Å². The maximum atomic E-state index is 12.6. The minimum absolute atomic E-state index is 0.325. The molecule has 104 valence electrons. The molecular weight excluding hydrogens is 262 g/mol. The van der Waals surface area contributed by atoms with Crippen LogP contribution in [0.25, 0.3) is 11.0 Å². The van der Waals surface area contributed by atoms with E-state index in [1.54, 1.807) is 28.8 Å². The maximum absolute atomic E-state index is 12.6. The molecule has 2 aromatic rings. The lowest BCUT2D eigenvalue weighted by Gasteiger charge is -2.20. The van der Waals surface area contributed by atoms with E-state index in [-0.39, 0.29) is 0 Å². The Bertz CT molecular complexity index is 643. The highest BCUT2D eigenvalue weighted by Crippen LogP contribution is 2.20. The molecule has 0 atom stereocenters. The topological polar surface area (TPSA) is 66.1 Å². The summed E-state index contributed by atoms with van der Waals surface area (Å²) < 4.78 is 26.7. The van der Waals surface area contributed by atoms with Gasteiger partial charge in [0.2, 0.25) is 10.0 Å². The standard InChI is InChI=1S/C13H19N3O2S/c1-3-7-16(8-4-2)19(17,18)11-5-6-12-13(9-11)15-10-14-12/h5-6,9-10H,3-4,7-8H2,1-2H3,(H,14,15). The lowest BCUT2D eigenvalue weighted by molar-refractivity contribution is 0.410. The average Bonchev–Trinajstić information content (AvgIpc) is 2.85. The first kappa shape index (κ1) is 14.0. The van der Waals surface area contributed by atoms with Crippen LogP contribution in [-0.4, -0.2) is 35.8 Å². The Morgan fingerprint density at radius 2 is 1.89 bits per heavy atom. The first-order valence-corrected chi connectivity index (χ1v) is 7.97. The SMILES string of the molecule is CCCN(CCC)S(=O)(=O)c1ccc2nc[nH]c2c1. The van der Waals surface area contributed by atoms with Gasteiger partial charge >= 0.3 is 0 Å². The first-order valence-electron chi connectivity index (χ1n) is 6.53. The third kappa shape index (κ3) is 2.79. The highest BCUT2D eigenvalue weighted by molar-refractivity contribution is 7.89. The fourth-order valence-electron chi connectivity index (χ4n) is 2.08. The summed E-state index contributed by atoms with van der Waals surface area (Å²) in [5, 5.41) is 0. The van der Waals surface area contributed by atoms with Gasteiger partial charge in [-0.2, -0.15) is 4.31 Å². The van der Waals surface area contributed by atoms with E-state index in [1.165, 1.54) is 0 Å². The molecule has 6 heteroatoms. The van der Waals surface area contributed by atoms with Gasteiger partial charge in [0, 0.05) is 13.1 Å². The molecule has 1 aromatic carbocycles. The zero-order chi connectivity index (χ0) is 13.9. The van der Waals surface area contributed by atoms with E-state index in [0.29, 0.717) is 18.0 Å². The summed E-state index contributed by atoms with van der Waals surface area (Å²) >= 11 is 0. The summed E-state index contributed by atoms with van der Waals surface area (Å²) in [5.74, 6) is 0. The third-order valence-electron chi connectivity index (χ3n) is 2.98. The molecule has 19 heavy (non-hydrogen) atoms. The summed E-state index contributed by atoms with van der Waals surface area (Å²) in [4.78, 5) is 7.36. The molecule has 5 nitrogen and oxygen atoms in total. The Morgan fingerprint density at radius 3 is 2.53 bits per heavy atom. The van der Waals surface area contributed by atoms with E-state index in [1.807, 2.05) is 13.8 Å². The number of fused-ring (bicyclic) bond motifs is 1. The fourth-order valence-corrected chi connectivity index (χ4v) is 3.73. The van der Waals surface area contributed by atoms with E-state index in [4.69, 9.17) is 0 Å². The lowest BCUT2D eigenvalue weighted by atomic mass is 10.3. The minimum atomic E-state index is -3.41. The highest BCUT2D eigenvalue weighted by Gasteiger charge is 2.23. The Kier molecular flexibility index (Phi) is 4.21. The third-order valence-corrected chi connectivity index (χ3v) is 4.87. The van der Waals surface area contributed by atoms with Crippen molar-refractivity contribution in [3.8, 4) is 0 Å². The second kappa shape index (κ2) is 5.71. The molecule has 0 saturated carbocycles. The van der Waals surface area contributed by atoms with Gasteiger partial charge in [0.15, 0.2) is 0 Å². The van der Waals surface area contributed by atoms with Crippen LogP contribution in [0.1, 0.15) is 26.7 Å². The van der Waals surface area contributed by atoms with Crippen molar-refractivity contribution in [3.63, 3.8) is 0 Å². The van der Waals surface area contributed by atoms with Crippen LogP contribution in [0.2, 0.25) is 0 Å². The number of sulfonamides is 1. The summed E-state index contributed by atoms with van der Waals surface area (Å²) in [5.41, 5.74) is 1.52. The van der Waals surface area contributed by atoms with Gasteiger partial charge in [0.1, 0.15) is 0 Å². The molecule has 0 fully saturated rings. The maximum Gasteiger partial charge on any atom is 0.243 e. The number of benzene rings is 1. The number of hydrogen-bond donors (Lipinski definition) is 1. The average molecular weight is 281 g/mol. The molecule has 0 aliphatic carbocycles. The Hall–Kier alpha value is -1.40. The monoisotopic (exact) mass is 281 g/mol. The van der Waals surface area contributed by atoms with Gasteiger partial charge in [-0.3, -0.25) is 0 Å². The molecular formula is C13H19N3O2S. The van der Waals surface area contributed by atoms with Crippen LogP contribution in [0.3, 0.4) is 0 Å². The van der Waals surface area contributed by atoms with E-state index >= 15 is 0 Å². The second-order valence-electron chi connectivity index (χ2n) is 4.49. The molecule has 0 unspecified atom stereocenters. The zero-order valence-electron chi connectivity index (χ0n) is 11.3. The Balaban J connectivity index is 2.40. The van der Waals surface area contributed by atoms with Crippen LogP contribution < -0.4 is 0 Å². The van der Waals surface area contributed by atoms with Crippen molar-refractivity contribution in [3.05, 3.63) is 24.5 Å². The number of nitrogens with one attached hydrogen (secondary N) is 1. The fraction of sp³-hybridized carbons (Fsp3) is 0.462. The smallest absolute Gasteiger partial charge is 0.243 e. The van der Waals surface area contributed by atoms with Crippen molar-refractivity contribution >= 4 is 21.1 Å². The van der Waals surface area contributed by atoms with E-state index in [2.05, 4.69) is 9.97 Å².